The lowest BCUT2D eigenvalue weighted by Crippen LogP contribution is -2.46. The highest BCUT2D eigenvalue weighted by Crippen LogP contribution is 2.26. The van der Waals surface area contributed by atoms with E-state index in [0.717, 1.165) is 17.8 Å². The number of rotatable bonds is 6. The van der Waals surface area contributed by atoms with Gasteiger partial charge < -0.3 is 5.32 Å². The lowest BCUT2D eigenvalue weighted by Gasteiger charge is -2.23. The van der Waals surface area contributed by atoms with Crippen molar-refractivity contribution < 1.29 is 17.6 Å². The zero-order valence-corrected chi connectivity index (χ0v) is 16.3. The number of nitrogens with zero attached hydrogens (tertiary/aromatic N) is 4. The molecular weight excluding hydrogens is 397 g/mol. The summed E-state index contributed by atoms with van der Waals surface area (Å²) in [5, 5.41) is 11.0. The Hall–Kier alpha value is -2.85. The molecule has 0 saturated carbocycles. The molecule has 0 radical (unpaired) electrons. The molecule has 1 atom stereocenters. The summed E-state index contributed by atoms with van der Waals surface area (Å²) in [6.45, 7) is 0.571. The van der Waals surface area contributed by atoms with Crippen molar-refractivity contribution >= 4 is 21.6 Å². The molecule has 1 fully saturated rings. The first-order valence-electron chi connectivity index (χ1n) is 9.30. The fraction of sp³-hybridized carbons (Fsp3) is 0.316. The molecule has 3 heterocycles. The fourth-order valence-electron chi connectivity index (χ4n) is 3.51. The number of nitrogens with one attached hydrogen (secondary N) is 1. The predicted octanol–water partition coefficient (Wildman–Crippen LogP) is 1.38. The number of amides is 1. The Kier molecular flexibility index (Phi) is 5.29. The minimum absolute atomic E-state index is 0.0199. The van der Waals surface area contributed by atoms with Crippen LogP contribution in [0.3, 0.4) is 0 Å². The van der Waals surface area contributed by atoms with E-state index in [0.29, 0.717) is 31.6 Å². The van der Waals surface area contributed by atoms with Crippen molar-refractivity contribution in [1.82, 2.24) is 24.2 Å². The average Bonchev–Trinajstić information content (AvgIpc) is 3.36. The predicted molar refractivity (Wildman–Crippen MR) is 103 cm³/mol. The van der Waals surface area contributed by atoms with Gasteiger partial charge in [-0.05, 0) is 49.2 Å². The summed E-state index contributed by atoms with van der Waals surface area (Å²) in [5.74, 6) is -0.147. The van der Waals surface area contributed by atoms with E-state index in [2.05, 4.69) is 15.5 Å². The van der Waals surface area contributed by atoms with Gasteiger partial charge in [-0.1, -0.05) is 6.07 Å². The number of hydrogen-bond donors (Lipinski definition) is 1. The molecule has 152 valence electrons. The highest BCUT2D eigenvalue weighted by molar-refractivity contribution is 7.89. The Morgan fingerprint density at radius 1 is 1.17 bits per heavy atom. The Morgan fingerprint density at radius 3 is 2.76 bits per heavy atom. The molecular formula is C19H20FN5O3S. The maximum atomic E-state index is 13.1. The summed E-state index contributed by atoms with van der Waals surface area (Å²) in [7, 11) is -3.87. The second kappa shape index (κ2) is 7.88. The van der Waals surface area contributed by atoms with Crippen molar-refractivity contribution in [1.29, 1.82) is 0 Å². The summed E-state index contributed by atoms with van der Waals surface area (Å²) < 4.78 is 41.9. The van der Waals surface area contributed by atoms with Crippen LogP contribution < -0.4 is 5.32 Å². The number of benzene rings is 1. The molecule has 4 rings (SSSR count). The molecule has 29 heavy (non-hydrogen) atoms. The molecule has 3 aromatic rings. The molecule has 1 saturated heterocycles. The van der Waals surface area contributed by atoms with E-state index in [9.17, 15) is 17.6 Å². The van der Waals surface area contributed by atoms with Gasteiger partial charge in [-0.15, -0.1) is 10.2 Å². The van der Waals surface area contributed by atoms with Crippen LogP contribution in [0.5, 0.6) is 0 Å². The Bertz CT molecular complexity index is 1130. The SMILES string of the molecule is O=C(NCCc1nnc2ccccn12)C1CCCN1S(=O)(=O)c1ccc(F)cc1. The third kappa shape index (κ3) is 3.85. The number of halogens is 1. The van der Waals surface area contributed by atoms with Crippen LogP contribution in [-0.2, 0) is 21.2 Å². The molecule has 1 aliphatic heterocycles. The van der Waals surface area contributed by atoms with E-state index in [1.807, 2.05) is 28.8 Å². The first kappa shape index (κ1) is 19.5. The minimum Gasteiger partial charge on any atom is -0.354 e. The normalized spacial score (nSPS) is 17.6. The van der Waals surface area contributed by atoms with Gasteiger partial charge in [0.05, 0.1) is 4.90 Å². The molecule has 0 bridgehead atoms. The van der Waals surface area contributed by atoms with Gasteiger partial charge in [0.2, 0.25) is 15.9 Å². The maximum Gasteiger partial charge on any atom is 0.243 e. The third-order valence-electron chi connectivity index (χ3n) is 4.96. The number of sulfonamides is 1. The summed E-state index contributed by atoms with van der Waals surface area (Å²) in [4.78, 5) is 12.6. The summed E-state index contributed by atoms with van der Waals surface area (Å²) in [5.41, 5.74) is 0.723. The molecule has 0 aliphatic carbocycles. The number of hydrogen-bond acceptors (Lipinski definition) is 5. The summed E-state index contributed by atoms with van der Waals surface area (Å²) >= 11 is 0. The standard InChI is InChI=1S/C19H20FN5O3S/c20-14-6-8-15(9-7-14)29(27,28)25-13-3-4-16(25)19(26)21-11-10-18-23-22-17-5-1-2-12-24(17)18/h1-2,5-9,12,16H,3-4,10-11,13H2,(H,21,26). The van der Waals surface area contributed by atoms with E-state index < -0.39 is 21.9 Å². The number of carbonyl (C=O) groups is 1. The van der Waals surface area contributed by atoms with Crippen molar-refractivity contribution in [2.24, 2.45) is 0 Å². The second-order valence-electron chi connectivity index (χ2n) is 6.81. The maximum absolute atomic E-state index is 13.1. The minimum atomic E-state index is -3.87. The number of carbonyl (C=O) groups excluding carboxylic acids is 1. The Labute approximate surface area is 167 Å². The van der Waals surface area contributed by atoms with Crippen molar-refractivity contribution in [3.63, 3.8) is 0 Å². The van der Waals surface area contributed by atoms with Gasteiger partial charge in [-0.2, -0.15) is 4.31 Å². The van der Waals surface area contributed by atoms with E-state index in [1.54, 1.807) is 0 Å². The van der Waals surface area contributed by atoms with Crippen LogP contribution in [0.25, 0.3) is 5.65 Å². The summed E-state index contributed by atoms with van der Waals surface area (Å²) in [6, 6.07) is 9.43. The third-order valence-corrected chi connectivity index (χ3v) is 6.88. The molecule has 0 spiro atoms. The molecule has 1 N–H and O–H groups in total. The van der Waals surface area contributed by atoms with Gasteiger partial charge in [0.1, 0.15) is 17.7 Å². The zero-order valence-electron chi connectivity index (χ0n) is 15.5. The van der Waals surface area contributed by atoms with Crippen molar-refractivity contribution in [3.05, 3.63) is 60.3 Å². The van der Waals surface area contributed by atoms with Gasteiger partial charge in [0.15, 0.2) is 5.65 Å². The molecule has 1 aromatic carbocycles. The van der Waals surface area contributed by atoms with E-state index >= 15 is 0 Å². The van der Waals surface area contributed by atoms with Crippen LogP contribution in [-0.4, -0.2) is 52.4 Å². The Balaban J connectivity index is 1.42. The van der Waals surface area contributed by atoms with Gasteiger partial charge >= 0.3 is 0 Å². The molecule has 1 amide bonds. The van der Waals surface area contributed by atoms with Crippen molar-refractivity contribution in [2.45, 2.75) is 30.2 Å². The zero-order chi connectivity index (χ0) is 20.4. The lowest BCUT2D eigenvalue weighted by molar-refractivity contribution is -0.124. The molecule has 1 aliphatic rings. The smallest absolute Gasteiger partial charge is 0.243 e. The van der Waals surface area contributed by atoms with Gasteiger partial charge in [0, 0.05) is 25.7 Å². The highest BCUT2D eigenvalue weighted by atomic mass is 32.2. The first-order valence-corrected chi connectivity index (χ1v) is 10.7. The molecule has 2 aromatic heterocycles. The average molecular weight is 417 g/mol. The first-order chi connectivity index (χ1) is 14.0. The highest BCUT2D eigenvalue weighted by Gasteiger charge is 2.39. The Morgan fingerprint density at radius 2 is 1.97 bits per heavy atom. The van der Waals surface area contributed by atoms with Crippen LogP contribution in [0, 0.1) is 5.82 Å². The van der Waals surface area contributed by atoms with Crippen LogP contribution in [0.2, 0.25) is 0 Å². The lowest BCUT2D eigenvalue weighted by atomic mass is 10.2. The van der Waals surface area contributed by atoms with Gasteiger partial charge in [-0.25, -0.2) is 12.8 Å². The van der Waals surface area contributed by atoms with Crippen molar-refractivity contribution in [2.75, 3.05) is 13.1 Å². The molecule has 8 nitrogen and oxygen atoms in total. The van der Waals surface area contributed by atoms with Gasteiger partial charge in [-0.3, -0.25) is 9.20 Å². The van der Waals surface area contributed by atoms with E-state index in [4.69, 9.17) is 0 Å². The van der Waals surface area contributed by atoms with E-state index in [1.165, 1.54) is 16.4 Å². The van der Waals surface area contributed by atoms with Crippen LogP contribution in [0.4, 0.5) is 4.39 Å². The second-order valence-corrected chi connectivity index (χ2v) is 8.70. The van der Waals surface area contributed by atoms with Gasteiger partial charge in [0.25, 0.3) is 0 Å². The van der Waals surface area contributed by atoms with Crippen molar-refractivity contribution in [3.8, 4) is 0 Å². The van der Waals surface area contributed by atoms with Crippen LogP contribution in [0.15, 0.2) is 53.6 Å². The van der Waals surface area contributed by atoms with E-state index in [-0.39, 0.29) is 17.3 Å². The number of pyridine rings is 1. The molecule has 10 heteroatoms. The summed E-state index contributed by atoms with van der Waals surface area (Å²) in [6.07, 6.45) is 3.35. The fourth-order valence-corrected chi connectivity index (χ4v) is 5.16. The largest absolute Gasteiger partial charge is 0.354 e. The number of fused-ring (bicyclic) bond motifs is 1. The molecule has 1 unspecified atom stereocenters. The monoisotopic (exact) mass is 417 g/mol. The van der Waals surface area contributed by atoms with Crippen LogP contribution in [0.1, 0.15) is 18.7 Å². The van der Waals surface area contributed by atoms with Crippen LogP contribution >= 0.6 is 0 Å². The topological polar surface area (TPSA) is 96.7 Å². The number of aromatic nitrogens is 3. The quantitative estimate of drug-likeness (QED) is 0.654.